The van der Waals surface area contributed by atoms with E-state index in [1.165, 1.54) is 0 Å². The topological polar surface area (TPSA) is 24.1 Å². The summed E-state index contributed by atoms with van der Waals surface area (Å²) < 4.78 is 0. The van der Waals surface area contributed by atoms with Crippen molar-refractivity contribution < 1.29 is 0 Å². The first-order valence-electron chi connectivity index (χ1n) is 4.97. The fraction of sp³-hybridized carbons (Fsp3) is 0.455. The Kier molecular flexibility index (Phi) is 2.55. The van der Waals surface area contributed by atoms with Gasteiger partial charge in [0.2, 0.25) is 0 Å². The predicted octanol–water partition coefficient (Wildman–Crippen LogP) is 3.20. The average molecular weight is 211 g/mol. The minimum absolute atomic E-state index is 0.491. The molecule has 1 aromatic carbocycles. The molecule has 2 rings (SSSR count). The fourth-order valence-corrected chi connectivity index (χ4v) is 1.80. The van der Waals surface area contributed by atoms with Crippen molar-refractivity contribution in [1.29, 1.82) is 0 Å². The van der Waals surface area contributed by atoms with Crippen LogP contribution < -0.4 is 10.6 Å². The molecule has 1 aromatic rings. The van der Waals surface area contributed by atoms with Gasteiger partial charge < -0.3 is 10.6 Å². The Balaban J connectivity index is 2.33. The lowest BCUT2D eigenvalue weighted by atomic mass is 10.0. The van der Waals surface area contributed by atoms with Crippen LogP contribution in [-0.2, 0) is 0 Å². The highest BCUT2D eigenvalue weighted by atomic mass is 35.5. The van der Waals surface area contributed by atoms with Crippen molar-refractivity contribution in [1.82, 2.24) is 0 Å². The SMILES string of the molecule is CC1CNc2cc(Cl)ccc2NC1C. The molecular formula is C11H15ClN2. The van der Waals surface area contributed by atoms with Crippen molar-refractivity contribution in [3.8, 4) is 0 Å². The van der Waals surface area contributed by atoms with Gasteiger partial charge in [0, 0.05) is 17.6 Å². The fourth-order valence-electron chi connectivity index (χ4n) is 1.62. The van der Waals surface area contributed by atoms with Gasteiger partial charge in [0.05, 0.1) is 11.4 Å². The van der Waals surface area contributed by atoms with Crippen molar-refractivity contribution in [2.45, 2.75) is 19.9 Å². The summed E-state index contributed by atoms with van der Waals surface area (Å²) in [5, 5.41) is 7.66. The summed E-state index contributed by atoms with van der Waals surface area (Å²) in [6.07, 6.45) is 0. The van der Waals surface area contributed by atoms with Crippen LogP contribution in [0.1, 0.15) is 13.8 Å². The summed E-state index contributed by atoms with van der Waals surface area (Å²) in [4.78, 5) is 0. The van der Waals surface area contributed by atoms with Gasteiger partial charge >= 0.3 is 0 Å². The molecule has 0 aliphatic carbocycles. The van der Waals surface area contributed by atoms with E-state index < -0.39 is 0 Å². The summed E-state index contributed by atoms with van der Waals surface area (Å²) in [5.41, 5.74) is 2.25. The Morgan fingerprint density at radius 2 is 2.07 bits per heavy atom. The second-order valence-corrected chi connectivity index (χ2v) is 4.42. The van der Waals surface area contributed by atoms with Crippen molar-refractivity contribution >= 4 is 23.0 Å². The van der Waals surface area contributed by atoms with Crippen molar-refractivity contribution in [3.05, 3.63) is 23.2 Å². The van der Waals surface area contributed by atoms with Gasteiger partial charge in [-0.1, -0.05) is 18.5 Å². The lowest BCUT2D eigenvalue weighted by Crippen LogP contribution is -2.25. The standard InChI is InChI=1S/C11H15ClN2/c1-7-6-13-11-5-9(12)3-4-10(11)14-8(7)2/h3-5,7-8,13-14H,6H2,1-2H3. The molecule has 2 N–H and O–H groups in total. The van der Waals surface area contributed by atoms with Gasteiger partial charge in [-0.25, -0.2) is 0 Å². The van der Waals surface area contributed by atoms with Crippen LogP contribution in [0.5, 0.6) is 0 Å². The van der Waals surface area contributed by atoms with E-state index in [9.17, 15) is 0 Å². The zero-order valence-electron chi connectivity index (χ0n) is 8.47. The normalized spacial score (nSPS) is 25.6. The maximum Gasteiger partial charge on any atom is 0.0591 e. The van der Waals surface area contributed by atoms with E-state index in [2.05, 4.69) is 24.5 Å². The molecule has 1 heterocycles. The average Bonchev–Trinajstić information content (AvgIpc) is 2.29. The third-order valence-corrected chi connectivity index (χ3v) is 3.07. The van der Waals surface area contributed by atoms with E-state index >= 15 is 0 Å². The molecule has 0 bridgehead atoms. The highest BCUT2D eigenvalue weighted by Crippen LogP contribution is 2.29. The summed E-state index contributed by atoms with van der Waals surface area (Å²) in [6.45, 7) is 5.43. The number of hydrogen-bond donors (Lipinski definition) is 2. The number of hydrogen-bond acceptors (Lipinski definition) is 2. The van der Waals surface area contributed by atoms with E-state index in [4.69, 9.17) is 11.6 Å². The first-order valence-corrected chi connectivity index (χ1v) is 5.34. The van der Waals surface area contributed by atoms with E-state index in [-0.39, 0.29) is 0 Å². The maximum absolute atomic E-state index is 5.93. The molecule has 0 spiro atoms. The van der Waals surface area contributed by atoms with Crippen LogP contribution in [0.4, 0.5) is 11.4 Å². The summed E-state index contributed by atoms with van der Waals surface area (Å²) >= 11 is 5.93. The molecule has 0 saturated carbocycles. The molecular weight excluding hydrogens is 196 g/mol. The Bertz CT molecular complexity index is 338. The lowest BCUT2D eigenvalue weighted by molar-refractivity contribution is 0.542. The van der Waals surface area contributed by atoms with Crippen LogP contribution in [0, 0.1) is 5.92 Å². The smallest absolute Gasteiger partial charge is 0.0591 e. The molecule has 0 radical (unpaired) electrons. The zero-order valence-corrected chi connectivity index (χ0v) is 9.23. The Labute approximate surface area is 89.7 Å². The first kappa shape index (κ1) is 9.66. The molecule has 1 aliphatic rings. The lowest BCUT2D eigenvalue weighted by Gasteiger charge is -2.17. The van der Waals surface area contributed by atoms with Gasteiger partial charge in [0.15, 0.2) is 0 Å². The van der Waals surface area contributed by atoms with E-state index in [0.717, 1.165) is 22.9 Å². The molecule has 0 fully saturated rings. The van der Waals surface area contributed by atoms with Gasteiger partial charge in [-0.2, -0.15) is 0 Å². The molecule has 2 atom stereocenters. The highest BCUT2D eigenvalue weighted by Gasteiger charge is 2.17. The monoisotopic (exact) mass is 210 g/mol. The van der Waals surface area contributed by atoms with Crippen molar-refractivity contribution in [3.63, 3.8) is 0 Å². The number of benzene rings is 1. The number of anilines is 2. The molecule has 2 nitrogen and oxygen atoms in total. The van der Waals surface area contributed by atoms with Crippen LogP contribution >= 0.6 is 11.6 Å². The second kappa shape index (κ2) is 3.70. The molecule has 3 heteroatoms. The summed E-state index contributed by atoms with van der Waals surface area (Å²) in [6, 6.07) is 6.40. The number of halogens is 1. The molecule has 0 amide bonds. The molecule has 2 unspecified atom stereocenters. The van der Waals surface area contributed by atoms with Crippen molar-refractivity contribution in [2.75, 3.05) is 17.2 Å². The molecule has 0 saturated heterocycles. The van der Waals surface area contributed by atoms with Gasteiger partial charge in [0.1, 0.15) is 0 Å². The van der Waals surface area contributed by atoms with Gasteiger partial charge in [-0.15, -0.1) is 0 Å². The van der Waals surface area contributed by atoms with Crippen LogP contribution in [0.25, 0.3) is 0 Å². The van der Waals surface area contributed by atoms with E-state index in [1.807, 2.05) is 18.2 Å². The van der Waals surface area contributed by atoms with Crippen LogP contribution in [0.15, 0.2) is 18.2 Å². The van der Waals surface area contributed by atoms with Crippen LogP contribution in [0.2, 0.25) is 5.02 Å². The van der Waals surface area contributed by atoms with Crippen LogP contribution in [-0.4, -0.2) is 12.6 Å². The largest absolute Gasteiger partial charge is 0.383 e. The molecule has 14 heavy (non-hydrogen) atoms. The summed E-state index contributed by atoms with van der Waals surface area (Å²) in [5.74, 6) is 0.612. The van der Waals surface area contributed by atoms with Gasteiger partial charge in [-0.3, -0.25) is 0 Å². The Morgan fingerprint density at radius 1 is 1.29 bits per heavy atom. The third kappa shape index (κ3) is 1.80. The minimum atomic E-state index is 0.491. The van der Waals surface area contributed by atoms with E-state index in [0.29, 0.717) is 12.0 Å². The quantitative estimate of drug-likeness (QED) is 0.687. The number of nitrogens with one attached hydrogen (secondary N) is 2. The zero-order chi connectivity index (χ0) is 10.1. The predicted molar refractivity (Wildman–Crippen MR) is 62.2 cm³/mol. The Hall–Kier alpha value is -0.890. The van der Waals surface area contributed by atoms with Gasteiger partial charge in [0.25, 0.3) is 0 Å². The van der Waals surface area contributed by atoms with Crippen LogP contribution in [0.3, 0.4) is 0 Å². The Morgan fingerprint density at radius 3 is 2.86 bits per heavy atom. The minimum Gasteiger partial charge on any atom is -0.383 e. The first-order chi connectivity index (χ1) is 6.66. The van der Waals surface area contributed by atoms with Crippen molar-refractivity contribution in [2.24, 2.45) is 5.92 Å². The van der Waals surface area contributed by atoms with Gasteiger partial charge in [-0.05, 0) is 31.0 Å². The molecule has 76 valence electrons. The maximum atomic E-state index is 5.93. The highest BCUT2D eigenvalue weighted by molar-refractivity contribution is 6.31. The summed E-state index contributed by atoms with van der Waals surface area (Å²) in [7, 11) is 0. The molecule has 0 aromatic heterocycles. The number of rotatable bonds is 0. The second-order valence-electron chi connectivity index (χ2n) is 3.98. The number of fused-ring (bicyclic) bond motifs is 1. The van der Waals surface area contributed by atoms with E-state index in [1.54, 1.807) is 0 Å². The third-order valence-electron chi connectivity index (χ3n) is 2.83. The molecule has 1 aliphatic heterocycles.